The van der Waals surface area contributed by atoms with Crippen LogP contribution in [0.15, 0.2) is 30.3 Å². The van der Waals surface area contributed by atoms with Crippen LogP contribution in [0.5, 0.6) is 0 Å². The number of benzene rings is 1. The fraction of sp³-hybridized carbons (Fsp3) is 0.588. The molecule has 0 spiro atoms. The van der Waals surface area contributed by atoms with Gasteiger partial charge in [0.2, 0.25) is 5.91 Å². The lowest BCUT2D eigenvalue weighted by Crippen LogP contribution is -2.49. The molecule has 0 bridgehead atoms. The van der Waals surface area contributed by atoms with Gasteiger partial charge in [0, 0.05) is 26.1 Å². The molecule has 1 heterocycles. The summed E-state index contributed by atoms with van der Waals surface area (Å²) in [7, 11) is 2.14. The molecule has 1 aliphatic heterocycles. The molecular weight excluding hydrogens is 248 g/mol. The van der Waals surface area contributed by atoms with Crippen LogP contribution in [0.25, 0.3) is 0 Å². The smallest absolute Gasteiger partial charge is 0.223 e. The van der Waals surface area contributed by atoms with E-state index in [1.54, 1.807) is 0 Å². The van der Waals surface area contributed by atoms with Crippen molar-refractivity contribution in [1.82, 2.24) is 9.80 Å². The molecule has 0 saturated carbocycles. The Bertz CT molecular complexity index is 450. The number of amides is 1. The molecule has 1 atom stereocenters. The Balaban J connectivity index is 2.07. The van der Waals surface area contributed by atoms with Gasteiger partial charge < -0.3 is 4.90 Å². The maximum atomic E-state index is 12.4. The van der Waals surface area contributed by atoms with Crippen molar-refractivity contribution < 1.29 is 4.79 Å². The van der Waals surface area contributed by atoms with E-state index in [-0.39, 0.29) is 11.3 Å². The SMILES string of the molecule is CN1CCN(C(=O)CC(C)(C)C)CC1c1ccccc1. The molecule has 1 aromatic carbocycles. The molecule has 110 valence electrons. The molecular formula is C17H26N2O. The van der Waals surface area contributed by atoms with E-state index in [0.29, 0.717) is 12.5 Å². The van der Waals surface area contributed by atoms with Crippen LogP contribution in [0, 0.1) is 5.41 Å². The summed E-state index contributed by atoms with van der Waals surface area (Å²) in [5.74, 6) is 0.284. The number of likely N-dealkylation sites (N-methyl/N-ethyl adjacent to an activating group) is 1. The Morgan fingerprint density at radius 2 is 1.85 bits per heavy atom. The van der Waals surface area contributed by atoms with Gasteiger partial charge in [-0.05, 0) is 18.0 Å². The first-order valence-electron chi connectivity index (χ1n) is 7.40. The Morgan fingerprint density at radius 1 is 1.20 bits per heavy atom. The third-order valence-corrected chi connectivity index (χ3v) is 3.87. The van der Waals surface area contributed by atoms with Crippen LogP contribution < -0.4 is 0 Å². The zero-order chi connectivity index (χ0) is 14.8. The van der Waals surface area contributed by atoms with Crippen LogP contribution in [-0.2, 0) is 4.79 Å². The average molecular weight is 274 g/mol. The first-order chi connectivity index (χ1) is 9.37. The summed E-state index contributed by atoms with van der Waals surface area (Å²) in [6, 6.07) is 10.8. The van der Waals surface area contributed by atoms with Gasteiger partial charge in [-0.2, -0.15) is 0 Å². The minimum absolute atomic E-state index is 0.0582. The largest absolute Gasteiger partial charge is 0.339 e. The normalized spacial score (nSPS) is 21.0. The van der Waals surface area contributed by atoms with Gasteiger partial charge in [-0.3, -0.25) is 9.69 Å². The van der Waals surface area contributed by atoms with Gasteiger partial charge >= 0.3 is 0 Å². The molecule has 20 heavy (non-hydrogen) atoms. The van der Waals surface area contributed by atoms with Crippen molar-refractivity contribution in [2.24, 2.45) is 5.41 Å². The summed E-state index contributed by atoms with van der Waals surface area (Å²) >= 11 is 0. The van der Waals surface area contributed by atoms with E-state index in [9.17, 15) is 4.79 Å². The van der Waals surface area contributed by atoms with Gasteiger partial charge in [0.25, 0.3) is 0 Å². The van der Waals surface area contributed by atoms with Crippen molar-refractivity contribution in [3.05, 3.63) is 35.9 Å². The maximum absolute atomic E-state index is 12.4. The van der Waals surface area contributed by atoms with E-state index in [1.165, 1.54) is 5.56 Å². The lowest BCUT2D eigenvalue weighted by atomic mass is 9.91. The molecule has 0 radical (unpaired) electrons. The molecule has 2 rings (SSSR count). The average Bonchev–Trinajstić information content (AvgIpc) is 2.38. The quantitative estimate of drug-likeness (QED) is 0.828. The number of piperazine rings is 1. The number of carbonyl (C=O) groups is 1. The van der Waals surface area contributed by atoms with Gasteiger partial charge in [0.15, 0.2) is 0 Å². The van der Waals surface area contributed by atoms with Gasteiger partial charge in [-0.15, -0.1) is 0 Å². The second kappa shape index (κ2) is 5.96. The second-order valence-corrected chi connectivity index (χ2v) is 6.98. The number of carbonyl (C=O) groups excluding carboxylic acids is 1. The lowest BCUT2D eigenvalue weighted by Gasteiger charge is -2.40. The topological polar surface area (TPSA) is 23.6 Å². The zero-order valence-corrected chi connectivity index (χ0v) is 13.1. The zero-order valence-electron chi connectivity index (χ0n) is 13.1. The highest BCUT2D eigenvalue weighted by Gasteiger charge is 2.29. The summed E-state index contributed by atoms with van der Waals surface area (Å²) < 4.78 is 0. The third-order valence-electron chi connectivity index (χ3n) is 3.87. The lowest BCUT2D eigenvalue weighted by molar-refractivity contribution is -0.135. The molecule has 1 amide bonds. The van der Waals surface area contributed by atoms with Crippen molar-refractivity contribution in [3.8, 4) is 0 Å². The molecule has 1 aliphatic rings. The standard InChI is InChI=1S/C17H26N2O/c1-17(2,3)12-16(20)19-11-10-18(4)15(13-19)14-8-6-5-7-9-14/h5-9,15H,10-13H2,1-4H3. The van der Waals surface area contributed by atoms with Crippen LogP contribution in [0.3, 0.4) is 0 Å². The summed E-state index contributed by atoms with van der Waals surface area (Å²) in [5, 5.41) is 0. The predicted octanol–water partition coefficient (Wildman–Crippen LogP) is 2.94. The van der Waals surface area contributed by atoms with E-state index in [4.69, 9.17) is 0 Å². The van der Waals surface area contributed by atoms with Gasteiger partial charge in [-0.25, -0.2) is 0 Å². The molecule has 0 N–H and O–H groups in total. The number of hydrogen-bond acceptors (Lipinski definition) is 2. The molecule has 1 saturated heterocycles. The van der Waals surface area contributed by atoms with E-state index in [2.05, 4.69) is 57.0 Å². The highest BCUT2D eigenvalue weighted by atomic mass is 16.2. The van der Waals surface area contributed by atoms with Crippen molar-refractivity contribution in [2.45, 2.75) is 33.2 Å². The van der Waals surface area contributed by atoms with E-state index in [1.807, 2.05) is 11.0 Å². The van der Waals surface area contributed by atoms with Crippen LogP contribution in [0.2, 0.25) is 0 Å². The van der Waals surface area contributed by atoms with E-state index in [0.717, 1.165) is 19.6 Å². The van der Waals surface area contributed by atoms with E-state index < -0.39 is 0 Å². The van der Waals surface area contributed by atoms with Crippen LogP contribution in [0.4, 0.5) is 0 Å². The highest BCUT2D eigenvalue weighted by molar-refractivity contribution is 5.77. The first kappa shape index (κ1) is 15.0. The molecule has 1 fully saturated rings. The Morgan fingerprint density at radius 3 is 2.45 bits per heavy atom. The maximum Gasteiger partial charge on any atom is 0.223 e. The minimum atomic E-state index is 0.0582. The summed E-state index contributed by atoms with van der Waals surface area (Å²) in [6.45, 7) is 8.95. The first-order valence-corrected chi connectivity index (χ1v) is 7.40. The van der Waals surface area contributed by atoms with Crippen molar-refractivity contribution in [1.29, 1.82) is 0 Å². The summed E-state index contributed by atoms with van der Waals surface area (Å²) in [5.41, 5.74) is 1.35. The number of hydrogen-bond donors (Lipinski definition) is 0. The Kier molecular flexibility index (Phi) is 4.48. The van der Waals surface area contributed by atoms with Crippen molar-refractivity contribution >= 4 is 5.91 Å². The molecule has 0 aliphatic carbocycles. The number of nitrogens with zero attached hydrogens (tertiary/aromatic N) is 2. The number of rotatable bonds is 2. The molecule has 1 unspecified atom stereocenters. The molecule has 3 nitrogen and oxygen atoms in total. The molecule has 1 aromatic rings. The van der Waals surface area contributed by atoms with Crippen LogP contribution in [0.1, 0.15) is 38.8 Å². The fourth-order valence-electron chi connectivity index (χ4n) is 2.70. The van der Waals surface area contributed by atoms with Crippen LogP contribution in [-0.4, -0.2) is 42.4 Å². The fourth-order valence-corrected chi connectivity index (χ4v) is 2.70. The van der Waals surface area contributed by atoms with Gasteiger partial charge in [-0.1, -0.05) is 51.1 Å². The summed E-state index contributed by atoms with van der Waals surface area (Å²) in [6.07, 6.45) is 0.623. The van der Waals surface area contributed by atoms with Crippen molar-refractivity contribution in [3.63, 3.8) is 0 Å². The van der Waals surface area contributed by atoms with Crippen LogP contribution >= 0.6 is 0 Å². The second-order valence-electron chi connectivity index (χ2n) is 6.98. The molecule has 3 heteroatoms. The molecule has 0 aromatic heterocycles. The Hall–Kier alpha value is -1.35. The van der Waals surface area contributed by atoms with Gasteiger partial charge in [0.1, 0.15) is 0 Å². The van der Waals surface area contributed by atoms with Gasteiger partial charge in [0.05, 0.1) is 6.04 Å². The van der Waals surface area contributed by atoms with E-state index >= 15 is 0 Å². The highest BCUT2D eigenvalue weighted by Crippen LogP contribution is 2.26. The monoisotopic (exact) mass is 274 g/mol. The third kappa shape index (κ3) is 3.83. The predicted molar refractivity (Wildman–Crippen MR) is 82.5 cm³/mol. The minimum Gasteiger partial charge on any atom is -0.339 e. The Labute approximate surface area is 122 Å². The van der Waals surface area contributed by atoms with Crippen molar-refractivity contribution in [2.75, 3.05) is 26.7 Å². The summed E-state index contributed by atoms with van der Waals surface area (Å²) in [4.78, 5) is 16.8.